The Labute approximate surface area is 84.6 Å². The van der Waals surface area contributed by atoms with Crippen molar-refractivity contribution < 1.29 is 4.79 Å². The van der Waals surface area contributed by atoms with Gasteiger partial charge in [-0.1, -0.05) is 15.9 Å². The minimum atomic E-state index is -0.194. The second-order valence-corrected chi connectivity index (χ2v) is 3.40. The van der Waals surface area contributed by atoms with E-state index in [1.807, 2.05) is 6.92 Å². The zero-order valence-corrected chi connectivity index (χ0v) is 9.08. The highest BCUT2D eigenvalue weighted by molar-refractivity contribution is 9.09. The molecule has 0 fully saturated rings. The van der Waals surface area contributed by atoms with Gasteiger partial charge in [0.05, 0.1) is 6.20 Å². The molecule has 0 radical (unpaired) electrons. The predicted octanol–water partition coefficient (Wildman–Crippen LogP) is 0.328. The van der Waals surface area contributed by atoms with Crippen molar-refractivity contribution in [3.05, 3.63) is 11.9 Å². The normalized spacial score (nSPS) is 12.5. The van der Waals surface area contributed by atoms with Crippen LogP contribution in [0.4, 0.5) is 0 Å². The second kappa shape index (κ2) is 4.36. The van der Waals surface area contributed by atoms with Crippen LogP contribution in [-0.4, -0.2) is 32.3 Å². The van der Waals surface area contributed by atoms with E-state index in [0.717, 1.165) is 5.33 Å². The molecule has 0 aliphatic heterocycles. The van der Waals surface area contributed by atoms with Gasteiger partial charge in [0.25, 0.3) is 5.91 Å². The summed E-state index contributed by atoms with van der Waals surface area (Å²) in [5.41, 5.74) is 0.343. The van der Waals surface area contributed by atoms with Crippen LogP contribution in [0.1, 0.15) is 17.4 Å². The molecule has 1 unspecified atom stereocenters. The first-order valence-corrected chi connectivity index (χ1v) is 4.98. The topological polar surface area (TPSA) is 59.8 Å². The molecule has 0 saturated carbocycles. The summed E-state index contributed by atoms with van der Waals surface area (Å²) >= 11 is 3.27. The zero-order chi connectivity index (χ0) is 9.84. The number of nitrogens with zero attached hydrogens (tertiary/aromatic N) is 3. The number of amides is 1. The fraction of sp³-hybridized carbons (Fsp3) is 0.571. The van der Waals surface area contributed by atoms with Crippen LogP contribution in [0.5, 0.6) is 0 Å². The molecule has 1 aromatic rings. The average Bonchev–Trinajstić information content (AvgIpc) is 2.51. The van der Waals surface area contributed by atoms with E-state index in [4.69, 9.17) is 0 Å². The molecule has 13 heavy (non-hydrogen) atoms. The van der Waals surface area contributed by atoms with E-state index < -0.39 is 0 Å². The largest absolute Gasteiger partial charge is 0.347 e. The standard InChI is InChI=1S/C7H11BrN4O/c1-5(3-8)10-7(13)6-4-9-12(2)11-6/h4-5H,3H2,1-2H3,(H,10,13). The van der Waals surface area contributed by atoms with E-state index >= 15 is 0 Å². The Hall–Kier alpha value is -0.910. The molecule has 0 aliphatic carbocycles. The van der Waals surface area contributed by atoms with Gasteiger partial charge in [-0.05, 0) is 6.92 Å². The van der Waals surface area contributed by atoms with Gasteiger partial charge < -0.3 is 5.32 Å². The van der Waals surface area contributed by atoms with Crippen LogP contribution in [0, 0.1) is 0 Å². The van der Waals surface area contributed by atoms with Gasteiger partial charge in [0, 0.05) is 18.4 Å². The minimum absolute atomic E-state index is 0.0921. The summed E-state index contributed by atoms with van der Waals surface area (Å²) in [7, 11) is 1.67. The van der Waals surface area contributed by atoms with Crippen LogP contribution >= 0.6 is 15.9 Å². The molecule has 0 saturated heterocycles. The lowest BCUT2D eigenvalue weighted by Crippen LogP contribution is -2.33. The third-order valence-electron chi connectivity index (χ3n) is 1.44. The summed E-state index contributed by atoms with van der Waals surface area (Å²) in [5.74, 6) is -0.194. The number of alkyl halides is 1. The van der Waals surface area contributed by atoms with Gasteiger partial charge in [0.2, 0.25) is 0 Å². The van der Waals surface area contributed by atoms with Crippen LogP contribution in [0.25, 0.3) is 0 Å². The van der Waals surface area contributed by atoms with E-state index in [1.54, 1.807) is 7.05 Å². The highest BCUT2D eigenvalue weighted by Crippen LogP contribution is 1.94. The minimum Gasteiger partial charge on any atom is -0.347 e. The van der Waals surface area contributed by atoms with Gasteiger partial charge in [-0.15, -0.1) is 5.10 Å². The molecule has 6 heteroatoms. The van der Waals surface area contributed by atoms with E-state index in [-0.39, 0.29) is 11.9 Å². The summed E-state index contributed by atoms with van der Waals surface area (Å²) < 4.78 is 0. The van der Waals surface area contributed by atoms with Crippen molar-refractivity contribution >= 4 is 21.8 Å². The molecule has 0 spiro atoms. The predicted molar refractivity (Wildman–Crippen MR) is 51.7 cm³/mol. The molecule has 1 heterocycles. The monoisotopic (exact) mass is 246 g/mol. The van der Waals surface area contributed by atoms with Crippen LogP contribution in [0.15, 0.2) is 6.20 Å². The van der Waals surface area contributed by atoms with Crippen molar-refractivity contribution in [1.82, 2.24) is 20.3 Å². The molecule has 0 aromatic carbocycles. The smallest absolute Gasteiger partial charge is 0.273 e. The Morgan fingerprint density at radius 3 is 3.00 bits per heavy atom. The Morgan fingerprint density at radius 2 is 2.54 bits per heavy atom. The van der Waals surface area contributed by atoms with E-state index in [0.29, 0.717) is 5.69 Å². The fourth-order valence-corrected chi connectivity index (χ4v) is 0.948. The number of hydrogen-bond donors (Lipinski definition) is 1. The SMILES string of the molecule is CC(CBr)NC(=O)c1cnn(C)n1. The van der Waals surface area contributed by atoms with E-state index in [1.165, 1.54) is 11.0 Å². The highest BCUT2D eigenvalue weighted by atomic mass is 79.9. The molecule has 1 N–H and O–H groups in total. The van der Waals surface area contributed by atoms with Crippen LogP contribution in [0.3, 0.4) is 0 Å². The summed E-state index contributed by atoms with van der Waals surface area (Å²) in [6.45, 7) is 1.91. The van der Waals surface area contributed by atoms with Crippen LogP contribution in [-0.2, 0) is 7.05 Å². The quantitative estimate of drug-likeness (QED) is 0.783. The molecular formula is C7H11BrN4O. The van der Waals surface area contributed by atoms with Gasteiger partial charge in [0.1, 0.15) is 0 Å². The highest BCUT2D eigenvalue weighted by Gasteiger charge is 2.11. The lowest BCUT2D eigenvalue weighted by atomic mass is 10.3. The summed E-state index contributed by atoms with van der Waals surface area (Å²) in [4.78, 5) is 12.7. The van der Waals surface area contributed by atoms with Gasteiger partial charge in [-0.2, -0.15) is 9.90 Å². The molecule has 5 nitrogen and oxygen atoms in total. The Kier molecular flexibility index (Phi) is 3.41. The molecule has 1 atom stereocenters. The number of carbonyl (C=O) groups excluding carboxylic acids is 1. The summed E-state index contributed by atoms with van der Waals surface area (Å²) in [5, 5.41) is 11.2. The lowest BCUT2D eigenvalue weighted by Gasteiger charge is -2.07. The fourth-order valence-electron chi connectivity index (χ4n) is 0.786. The van der Waals surface area contributed by atoms with Gasteiger partial charge in [-0.25, -0.2) is 0 Å². The lowest BCUT2D eigenvalue weighted by molar-refractivity contribution is 0.0938. The number of carbonyl (C=O) groups is 1. The molecule has 1 aromatic heterocycles. The van der Waals surface area contributed by atoms with Gasteiger partial charge in [0.15, 0.2) is 5.69 Å². The third kappa shape index (κ3) is 2.80. The van der Waals surface area contributed by atoms with Gasteiger partial charge >= 0.3 is 0 Å². The maximum atomic E-state index is 11.4. The first-order chi connectivity index (χ1) is 6.13. The number of hydrogen-bond acceptors (Lipinski definition) is 3. The number of halogens is 1. The van der Waals surface area contributed by atoms with Gasteiger partial charge in [-0.3, -0.25) is 4.79 Å². The van der Waals surface area contributed by atoms with Crippen LogP contribution in [0.2, 0.25) is 0 Å². The number of aromatic nitrogens is 3. The maximum Gasteiger partial charge on any atom is 0.273 e. The number of rotatable bonds is 3. The van der Waals surface area contributed by atoms with Crippen molar-refractivity contribution in [3.8, 4) is 0 Å². The Bertz CT molecular complexity index is 298. The molecular weight excluding hydrogens is 236 g/mol. The molecule has 72 valence electrons. The Morgan fingerprint density at radius 1 is 1.85 bits per heavy atom. The molecule has 0 aliphatic rings. The second-order valence-electron chi connectivity index (χ2n) is 2.75. The average molecular weight is 247 g/mol. The molecule has 1 amide bonds. The van der Waals surface area contributed by atoms with Crippen molar-refractivity contribution in [3.63, 3.8) is 0 Å². The molecule has 1 rings (SSSR count). The van der Waals surface area contributed by atoms with Crippen molar-refractivity contribution in [1.29, 1.82) is 0 Å². The third-order valence-corrected chi connectivity index (χ3v) is 2.41. The van der Waals surface area contributed by atoms with Crippen LogP contribution < -0.4 is 5.32 Å². The molecule has 0 bridgehead atoms. The number of nitrogens with one attached hydrogen (secondary N) is 1. The van der Waals surface area contributed by atoms with E-state index in [2.05, 4.69) is 31.4 Å². The first kappa shape index (κ1) is 10.2. The zero-order valence-electron chi connectivity index (χ0n) is 7.49. The Balaban J connectivity index is 2.58. The van der Waals surface area contributed by atoms with Crippen molar-refractivity contribution in [2.24, 2.45) is 7.05 Å². The van der Waals surface area contributed by atoms with Crippen molar-refractivity contribution in [2.75, 3.05) is 5.33 Å². The summed E-state index contributed by atoms with van der Waals surface area (Å²) in [6, 6.07) is 0.0921. The van der Waals surface area contributed by atoms with Crippen molar-refractivity contribution in [2.45, 2.75) is 13.0 Å². The summed E-state index contributed by atoms with van der Waals surface area (Å²) in [6.07, 6.45) is 1.44. The number of aryl methyl sites for hydroxylation is 1. The first-order valence-electron chi connectivity index (χ1n) is 3.86. The maximum absolute atomic E-state index is 11.4. The van der Waals surface area contributed by atoms with E-state index in [9.17, 15) is 4.79 Å².